The summed E-state index contributed by atoms with van der Waals surface area (Å²) in [4.78, 5) is 11.4. The van der Waals surface area contributed by atoms with Crippen LogP contribution in [0.25, 0.3) is 23.5 Å². The largest absolute Gasteiger partial charge is 1.00 e. The van der Waals surface area contributed by atoms with E-state index in [-0.39, 0.29) is 81.6 Å². The molecule has 3 heterocycles. The second kappa shape index (κ2) is 14.6. The number of hydrogen-bond acceptors (Lipinski definition) is 4. The van der Waals surface area contributed by atoms with Crippen molar-refractivity contribution in [3.8, 4) is 11.4 Å². The van der Waals surface area contributed by atoms with E-state index in [1.165, 1.54) is 47.4 Å². The number of benzene rings is 2. The van der Waals surface area contributed by atoms with Crippen LogP contribution < -0.4 is 29.6 Å². The molecule has 2 aromatic heterocycles. The van der Waals surface area contributed by atoms with Crippen LogP contribution in [0.2, 0.25) is 0 Å². The van der Waals surface area contributed by atoms with Gasteiger partial charge >= 0.3 is 29.6 Å². The van der Waals surface area contributed by atoms with Crippen LogP contribution in [-0.2, 0) is 22.4 Å². The number of rotatable bonds is 4. The molecular formula is C40H49F2N4NaO2. The quantitative estimate of drug-likeness (QED) is 0.143. The van der Waals surface area contributed by atoms with Crippen molar-refractivity contribution >= 4 is 18.4 Å². The van der Waals surface area contributed by atoms with Crippen molar-refractivity contribution in [3.63, 3.8) is 0 Å². The second-order valence-electron chi connectivity index (χ2n) is 13.7. The van der Waals surface area contributed by atoms with Crippen molar-refractivity contribution in [2.24, 2.45) is 22.7 Å². The van der Waals surface area contributed by atoms with Crippen molar-refractivity contribution in [1.82, 2.24) is 19.6 Å². The third-order valence-corrected chi connectivity index (χ3v) is 11.2. The minimum absolute atomic E-state index is 0. The molecule has 9 heteroatoms. The molecule has 256 valence electrons. The van der Waals surface area contributed by atoms with Gasteiger partial charge in [0.15, 0.2) is 0 Å². The summed E-state index contributed by atoms with van der Waals surface area (Å²) in [6.45, 7) is 5.49. The van der Waals surface area contributed by atoms with Crippen molar-refractivity contribution in [3.05, 3.63) is 106 Å². The molecule has 4 aliphatic carbocycles. The van der Waals surface area contributed by atoms with Gasteiger partial charge in [-0.15, -0.1) is 0 Å². The first-order valence-corrected chi connectivity index (χ1v) is 15.9. The average molecular weight is 679 g/mol. The number of fused-ring (bicyclic) bond motifs is 4. The fourth-order valence-corrected chi connectivity index (χ4v) is 8.43. The zero-order valence-electron chi connectivity index (χ0n) is 27.5. The Balaban J connectivity index is 0.000000246. The molecule has 49 heavy (non-hydrogen) atoms. The Morgan fingerprint density at radius 3 is 1.69 bits per heavy atom. The number of carbonyl (C=O) groups excluding carboxylic acids is 1. The van der Waals surface area contributed by atoms with Crippen LogP contribution >= 0.6 is 0 Å². The van der Waals surface area contributed by atoms with Gasteiger partial charge in [0.1, 0.15) is 17.9 Å². The van der Waals surface area contributed by atoms with Crippen LogP contribution in [0.3, 0.4) is 0 Å². The molecule has 9 rings (SSSR count). The number of ether oxygens (including phenoxy) is 1. The molecule has 0 unspecified atom stereocenters. The van der Waals surface area contributed by atoms with E-state index in [2.05, 4.69) is 36.2 Å². The SMILES string of the molecule is C.C.C.C[C@]12Cc3cnn(-c4ccc(F)cc4)c3C=C1CC[C@@H]2C=O.C[C@]12Cc3cnn(-c4ccc(F)cc4)c3C=C1CC[C@@H]2[C@@H]1CO1.[H-].[Na+]. The Hall–Kier alpha value is -3.17. The Kier molecular flexibility index (Phi) is 11.5. The maximum absolute atomic E-state index is 13.2. The molecular weight excluding hydrogens is 629 g/mol. The molecule has 5 aliphatic rings. The molecule has 0 N–H and O–H groups in total. The number of carbonyl (C=O) groups is 1. The fraction of sp³-hybridized carbons (Fsp3) is 0.425. The minimum Gasteiger partial charge on any atom is -1.00 e. The maximum atomic E-state index is 13.2. The summed E-state index contributed by atoms with van der Waals surface area (Å²) in [6, 6.07) is 12.9. The van der Waals surface area contributed by atoms with Crippen LogP contribution in [0.4, 0.5) is 8.78 Å². The molecule has 1 saturated heterocycles. The zero-order valence-corrected chi connectivity index (χ0v) is 28.5. The van der Waals surface area contributed by atoms with Crippen molar-refractivity contribution < 1.29 is 49.3 Å². The molecule has 3 fully saturated rings. The fourth-order valence-electron chi connectivity index (χ4n) is 8.43. The monoisotopic (exact) mass is 678 g/mol. The summed E-state index contributed by atoms with van der Waals surface area (Å²) in [5.74, 6) is 0.265. The number of epoxide rings is 1. The normalized spacial score (nSPS) is 26.6. The molecule has 4 aromatic rings. The predicted octanol–water partition coefficient (Wildman–Crippen LogP) is 6.36. The number of nitrogens with zero attached hydrogens (tertiary/aromatic N) is 4. The predicted molar refractivity (Wildman–Crippen MR) is 189 cm³/mol. The summed E-state index contributed by atoms with van der Waals surface area (Å²) in [5.41, 5.74) is 9.43. The van der Waals surface area contributed by atoms with Crippen LogP contribution in [0.15, 0.2) is 72.1 Å². The first-order chi connectivity index (χ1) is 21.8. The van der Waals surface area contributed by atoms with Crippen LogP contribution in [0, 0.1) is 34.3 Å². The number of allylic oxidation sites excluding steroid dienone is 2. The van der Waals surface area contributed by atoms with E-state index in [1.54, 1.807) is 24.3 Å². The number of aromatic nitrogens is 4. The Morgan fingerprint density at radius 2 is 1.22 bits per heavy atom. The molecule has 2 aromatic carbocycles. The summed E-state index contributed by atoms with van der Waals surface area (Å²) in [5, 5.41) is 9.03. The summed E-state index contributed by atoms with van der Waals surface area (Å²) in [6.07, 6.45) is 16.0. The van der Waals surface area contributed by atoms with Gasteiger partial charge in [0.05, 0.1) is 47.9 Å². The van der Waals surface area contributed by atoms with Gasteiger partial charge in [-0.25, -0.2) is 18.1 Å². The molecule has 1 aliphatic heterocycles. The molecule has 2 saturated carbocycles. The van der Waals surface area contributed by atoms with Crippen LogP contribution in [0.5, 0.6) is 0 Å². The van der Waals surface area contributed by atoms with Crippen molar-refractivity contribution in [2.45, 2.75) is 80.8 Å². The van der Waals surface area contributed by atoms with Gasteiger partial charge in [0, 0.05) is 11.3 Å². The Morgan fingerprint density at radius 1 is 0.776 bits per heavy atom. The van der Waals surface area contributed by atoms with Gasteiger partial charge in [-0.05, 0) is 122 Å². The second-order valence-corrected chi connectivity index (χ2v) is 13.7. The number of aldehydes is 1. The van der Waals surface area contributed by atoms with E-state index in [0.717, 1.165) is 73.3 Å². The standard InChI is InChI=1S/C19H19FN2O.C18H17FN2O.3CH4.Na.H/c1-19-9-12-10-21-22(15-5-3-14(20)4-6-15)17(12)8-13(19)2-7-16(19)18-11-23-18;1-18-9-12-10-20-21(16-6-4-15(19)5-7-16)17(12)8-13(18)2-3-14(18)11-22;;;;;/h3-6,8,10,16,18H,2,7,9,11H2,1H3;4-8,10-11,14H,2-3,9H2,1H3;3*1H4;;/q;;;;;+1;-1/t16-,18+,19+;14-,18+;;;;;/m11...../s1. The van der Waals surface area contributed by atoms with Crippen LogP contribution in [-0.4, -0.2) is 38.6 Å². The molecule has 0 bridgehead atoms. The third kappa shape index (κ3) is 6.58. The first-order valence-electron chi connectivity index (χ1n) is 15.9. The van der Waals surface area contributed by atoms with Gasteiger partial charge in [0.2, 0.25) is 0 Å². The molecule has 0 amide bonds. The topological polar surface area (TPSA) is 65.2 Å². The summed E-state index contributed by atoms with van der Waals surface area (Å²) in [7, 11) is 0. The van der Waals surface area contributed by atoms with E-state index in [9.17, 15) is 13.6 Å². The third-order valence-electron chi connectivity index (χ3n) is 11.2. The van der Waals surface area contributed by atoms with Gasteiger partial charge < -0.3 is 11.0 Å². The number of halogens is 2. The molecule has 0 spiro atoms. The van der Waals surface area contributed by atoms with Gasteiger partial charge in [0.25, 0.3) is 0 Å². The molecule has 0 radical (unpaired) electrons. The first kappa shape index (κ1) is 38.6. The van der Waals surface area contributed by atoms with Gasteiger partial charge in [-0.3, -0.25) is 0 Å². The summed E-state index contributed by atoms with van der Waals surface area (Å²) >= 11 is 0. The van der Waals surface area contributed by atoms with E-state index in [0.29, 0.717) is 12.0 Å². The van der Waals surface area contributed by atoms with E-state index in [1.807, 2.05) is 21.8 Å². The van der Waals surface area contributed by atoms with Crippen LogP contribution in [0.1, 0.15) is 85.8 Å². The average Bonchev–Trinajstić information content (AvgIpc) is 3.35. The Bertz CT molecular complexity index is 1860. The smallest absolute Gasteiger partial charge is 1.00 e. The minimum atomic E-state index is -0.250. The zero-order chi connectivity index (χ0) is 30.9. The van der Waals surface area contributed by atoms with E-state index < -0.39 is 0 Å². The molecule has 6 nitrogen and oxygen atoms in total. The van der Waals surface area contributed by atoms with Crippen molar-refractivity contribution in [2.75, 3.05) is 6.61 Å². The van der Waals surface area contributed by atoms with Gasteiger partial charge in [-0.2, -0.15) is 10.2 Å². The number of hydrogen-bond donors (Lipinski definition) is 0. The maximum Gasteiger partial charge on any atom is 1.00 e. The molecule has 5 atom stereocenters. The van der Waals surface area contributed by atoms with E-state index in [4.69, 9.17) is 4.74 Å². The summed E-state index contributed by atoms with van der Waals surface area (Å²) < 4.78 is 35.7. The van der Waals surface area contributed by atoms with Gasteiger partial charge in [-0.1, -0.05) is 47.3 Å². The van der Waals surface area contributed by atoms with Crippen molar-refractivity contribution in [1.29, 1.82) is 0 Å². The van der Waals surface area contributed by atoms with E-state index >= 15 is 0 Å². The Labute approximate surface area is 313 Å².